The molecule has 1 unspecified atom stereocenters. The van der Waals surface area contributed by atoms with Crippen LogP contribution < -0.4 is 5.76 Å². The van der Waals surface area contributed by atoms with E-state index in [1.165, 1.54) is 0 Å². The topological polar surface area (TPSA) is 75.5 Å². The molecular formula is C20H26N2O4. The summed E-state index contributed by atoms with van der Waals surface area (Å²) in [6.07, 6.45) is 6.63. The molecule has 1 aliphatic heterocycles. The van der Waals surface area contributed by atoms with Crippen molar-refractivity contribution in [3.05, 3.63) is 34.3 Å². The monoisotopic (exact) mass is 358 g/mol. The molecule has 6 heteroatoms. The number of nitrogens with zero attached hydrogens (tertiary/aromatic N) is 1. The molecule has 6 nitrogen and oxygen atoms in total. The highest BCUT2D eigenvalue weighted by Crippen LogP contribution is 2.29. The highest BCUT2D eigenvalue weighted by Gasteiger charge is 2.31. The van der Waals surface area contributed by atoms with E-state index in [0.717, 1.165) is 51.0 Å². The third kappa shape index (κ3) is 3.56. The quantitative estimate of drug-likeness (QED) is 0.910. The van der Waals surface area contributed by atoms with Gasteiger partial charge in [0.05, 0.1) is 11.6 Å². The molecule has 1 aromatic carbocycles. The Morgan fingerprint density at radius 1 is 1.23 bits per heavy atom. The van der Waals surface area contributed by atoms with E-state index in [0.29, 0.717) is 23.2 Å². The Kier molecular flexibility index (Phi) is 4.85. The Labute approximate surface area is 152 Å². The largest absolute Gasteiger partial charge is 0.417 e. The molecule has 1 saturated heterocycles. The predicted molar refractivity (Wildman–Crippen MR) is 98.3 cm³/mol. The standard InChI is InChI=1S/C20H26N2O4/c1-13-4-7-15(8-5-13)22(12-16-3-2-10-25-16)19(23)14-6-9-18-17(11-14)21-20(24)26-18/h6,9,11,13,15-16H,2-5,7-8,10,12H2,1H3,(H,21,24). The summed E-state index contributed by atoms with van der Waals surface area (Å²) in [5.74, 6) is 0.254. The van der Waals surface area contributed by atoms with Crippen molar-refractivity contribution in [2.75, 3.05) is 13.2 Å². The van der Waals surface area contributed by atoms with Crippen molar-refractivity contribution < 1.29 is 13.9 Å². The molecule has 1 aromatic heterocycles. The SMILES string of the molecule is CC1CCC(N(CC2CCCO2)C(=O)c2ccc3oc(=O)[nH]c3c2)CC1. The Balaban J connectivity index is 1.59. The van der Waals surface area contributed by atoms with Gasteiger partial charge in [-0.3, -0.25) is 9.78 Å². The molecule has 4 rings (SSSR count). The zero-order chi connectivity index (χ0) is 18.1. The molecule has 1 aliphatic carbocycles. The average Bonchev–Trinajstić information content (AvgIpc) is 3.27. The Bertz CT molecular complexity index is 826. The number of carbonyl (C=O) groups is 1. The van der Waals surface area contributed by atoms with Crippen LogP contribution in [0.25, 0.3) is 11.1 Å². The van der Waals surface area contributed by atoms with Crippen LogP contribution in [0.4, 0.5) is 0 Å². The highest BCUT2D eigenvalue weighted by atomic mass is 16.5. The molecule has 1 saturated carbocycles. The lowest BCUT2D eigenvalue weighted by atomic mass is 9.86. The highest BCUT2D eigenvalue weighted by molar-refractivity contribution is 5.97. The molecule has 140 valence electrons. The third-order valence-corrected chi connectivity index (χ3v) is 5.78. The number of aromatic nitrogens is 1. The van der Waals surface area contributed by atoms with Gasteiger partial charge < -0.3 is 14.1 Å². The fraction of sp³-hybridized carbons (Fsp3) is 0.600. The van der Waals surface area contributed by atoms with Gasteiger partial charge in [0.2, 0.25) is 0 Å². The van der Waals surface area contributed by atoms with Gasteiger partial charge in [0.25, 0.3) is 5.91 Å². The van der Waals surface area contributed by atoms with Gasteiger partial charge in [-0.1, -0.05) is 6.92 Å². The van der Waals surface area contributed by atoms with Crippen LogP contribution in [0.1, 0.15) is 55.8 Å². The number of benzene rings is 1. The lowest BCUT2D eigenvalue weighted by Gasteiger charge is -2.37. The number of nitrogens with one attached hydrogen (secondary N) is 1. The van der Waals surface area contributed by atoms with Gasteiger partial charge in [-0.15, -0.1) is 0 Å². The van der Waals surface area contributed by atoms with E-state index in [1.54, 1.807) is 18.2 Å². The van der Waals surface area contributed by atoms with Gasteiger partial charge in [-0.25, -0.2) is 4.79 Å². The van der Waals surface area contributed by atoms with Crippen LogP contribution in [0.15, 0.2) is 27.4 Å². The molecule has 1 N–H and O–H groups in total. The number of fused-ring (bicyclic) bond motifs is 1. The summed E-state index contributed by atoms with van der Waals surface area (Å²) < 4.78 is 10.8. The molecule has 1 amide bonds. The van der Waals surface area contributed by atoms with Gasteiger partial charge >= 0.3 is 5.76 Å². The van der Waals surface area contributed by atoms with E-state index in [9.17, 15) is 9.59 Å². The van der Waals surface area contributed by atoms with Crippen LogP contribution in [0.2, 0.25) is 0 Å². The number of oxazole rings is 1. The first kappa shape index (κ1) is 17.3. The van der Waals surface area contributed by atoms with Gasteiger partial charge in [-0.2, -0.15) is 0 Å². The normalized spacial score (nSPS) is 26.3. The molecule has 2 fully saturated rings. The molecule has 2 heterocycles. The number of hydrogen-bond donors (Lipinski definition) is 1. The van der Waals surface area contributed by atoms with Crippen molar-refractivity contribution in [1.29, 1.82) is 0 Å². The minimum absolute atomic E-state index is 0.0176. The molecular weight excluding hydrogens is 332 g/mol. The second kappa shape index (κ2) is 7.27. The first-order chi connectivity index (χ1) is 12.6. The Morgan fingerprint density at radius 2 is 2.04 bits per heavy atom. The number of ether oxygens (including phenoxy) is 1. The minimum Gasteiger partial charge on any atom is -0.408 e. The maximum absolute atomic E-state index is 13.3. The predicted octanol–water partition coefficient (Wildman–Crippen LogP) is 3.32. The average molecular weight is 358 g/mol. The van der Waals surface area contributed by atoms with Crippen molar-refractivity contribution in [3.63, 3.8) is 0 Å². The minimum atomic E-state index is -0.498. The number of rotatable bonds is 4. The first-order valence-corrected chi connectivity index (χ1v) is 9.65. The van der Waals surface area contributed by atoms with E-state index in [-0.39, 0.29) is 18.1 Å². The Morgan fingerprint density at radius 3 is 2.77 bits per heavy atom. The summed E-state index contributed by atoms with van der Waals surface area (Å²) in [6.45, 7) is 3.72. The second-order valence-corrected chi connectivity index (χ2v) is 7.73. The summed E-state index contributed by atoms with van der Waals surface area (Å²) in [4.78, 5) is 29.3. The first-order valence-electron chi connectivity index (χ1n) is 9.65. The fourth-order valence-electron chi connectivity index (χ4n) is 4.21. The van der Waals surface area contributed by atoms with Gasteiger partial charge in [0.15, 0.2) is 5.58 Å². The molecule has 1 atom stereocenters. The van der Waals surface area contributed by atoms with Crippen molar-refractivity contribution in [3.8, 4) is 0 Å². The van der Waals surface area contributed by atoms with E-state index in [4.69, 9.17) is 9.15 Å². The van der Waals surface area contributed by atoms with E-state index >= 15 is 0 Å². The summed E-state index contributed by atoms with van der Waals surface area (Å²) >= 11 is 0. The third-order valence-electron chi connectivity index (χ3n) is 5.78. The molecule has 26 heavy (non-hydrogen) atoms. The zero-order valence-electron chi connectivity index (χ0n) is 15.2. The van der Waals surface area contributed by atoms with E-state index < -0.39 is 5.76 Å². The second-order valence-electron chi connectivity index (χ2n) is 7.73. The summed E-state index contributed by atoms with van der Waals surface area (Å²) in [7, 11) is 0. The van der Waals surface area contributed by atoms with Crippen LogP contribution in [-0.4, -0.2) is 41.1 Å². The molecule has 0 spiro atoms. The van der Waals surface area contributed by atoms with Crippen LogP contribution in [-0.2, 0) is 4.74 Å². The molecule has 2 aliphatic rings. The molecule has 0 radical (unpaired) electrons. The van der Waals surface area contributed by atoms with Crippen molar-refractivity contribution >= 4 is 17.0 Å². The number of carbonyl (C=O) groups excluding carboxylic acids is 1. The van der Waals surface area contributed by atoms with Crippen LogP contribution in [0.3, 0.4) is 0 Å². The van der Waals surface area contributed by atoms with Gasteiger partial charge in [-0.05, 0) is 62.6 Å². The smallest absolute Gasteiger partial charge is 0.408 e. The lowest BCUT2D eigenvalue weighted by molar-refractivity contribution is 0.0341. The summed E-state index contributed by atoms with van der Waals surface area (Å²) in [6, 6.07) is 5.42. The van der Waals surface area contributed by atoms with Crippen LogP contribution in [0, 0.1) is 5.92 Å². The van der Waals surface area contributed by atoms with Gasteiger partial charge in [0, 0.05) is 24.8 Å². The lowest BCUT2D eigenvalue weighted by Crippen LogP contribution is -2.46. The Hall–Kier alpha value is -2.08. The fourth-order valence-corrected chi connectivity index (χ4v) is 4.21. The summed E-state index contributed by atoms with van der Waals surface area (Å²) in [5.41, 5.74) is 1.63. The van der Waals surface area contributed by atoms with Crippen molar-refractivity contribution in [2.24, 2.45) is 5.92 Å². The van der Waals surface area contributed by atoms with Crippen molar-refractivity contribution in [2.45, 2.75) is 57.6 Å². The van der Waals surface area contributed by atoms with Gasteiger partial charge in [0.1, 0.15) is 0 Å². The maximum atomic E-state index is 13.3. The van der Waals surface area contributed by atoms with Crippen LogP contribution in [0.5, 0.6) is 0 Å². The van der Waals surface area contributed by atoms with E-state index in [1.807, 2.05) is 4.90 Å². The molecule has 0 bridgehead atoms. The summed E-state index contributed by atoms with van der Waals surface area (Å²) in [5, 5.41) is 0. The zero-order valence-corrected chi connectivity index (χ0v) is 15.2. The molecule has 2 aromatic rings. The number of amides is 1. The van der Waals surface area contributed by atoms with Crippen molar-refractivity contribution in [1.82, 2.24) is 9.88 Å². The number of aromatic amines is 1. The van der Waals surface area contributed by atoms with E-state index in [2.05, 4.69) is 11.9 Å². The number of hydrogen-bond acceptors (Lipinski definition) is 4. The van der Waals surface area contributed by atoms with Crippen LogP contribution >= 0.6 is 0 Å². The maximum Gasteiger partial charge on any atom is 0.417 e. The number of H-pyrrole nitrogens is 1.